The summed E-state index contributed by atoms with van der Waals surface area (Å²) in [6.45, 7) is 5.69. The topological polar surface area (TPSA) is 30.0 Å². The van der Waals surface area contributed by atoms with Crippen LogP contribution in [-0.2, 0) is 4.79 Å². The summed E-state index contributed by atoms with van der Waals surface area (Å²) in [7, 11) is 0. The maximum Gasteiger partial charge on any atom is 0.130 e. The molecule has 0 bridgehead atoms. The van der Waals surface area contributed by atoms with E-state index in [0.717, 1.165) is 11.1 Å². The molecule has 0 fully saturated rings. The zero-order valence-corrected chi connectivity index (χ0v) is 8.37. The van der Waals surface area contributed by atoms with Gasteiger partial charge in [0.1, 0.15) is 5.78 Å². The number of aryl methyl sites for hydroxylation is 1. The van der Waals surface area contributed by atoms with Crippen molar-refractivity contribution in [2.45, 2.75) is 33.1 Å². The van der Waals surface area contributed by atoms with Gasteiger partial charge in [0.25, 0.3) is 0 Å². The predicted octanol–water partition coefficient (Wildman–Crippen LogP) is 2.47. The third-order valence-electron chi connectivity index (χ3n) is 2.06. The Morgan fingerprint density at radius 3 is 2.77 bits per heavy atom. The van der Waals surface area contributed by atoms with E-state index in [0.29, 0.717) is 6.42 Å². The van der Waals surface area contributed by atoms with E-state index < -0.39 is 0 Å². The Kier molecular flexibility index (Phi) is 3.18. The molecule has 1 aromatic rings. The van der Waals surface area contributed by atoms with E-state index in [-0.39, 0.29) is 11.7 Å². The minimum absolute atomic E-state index is 0.231. The van der Waals surface area contributed by atoms with Crippen molar-refractivity contribution < 1.29 is 4.79 Å². The molecular weight excluding hydrogens is 162 g/mol. The molecule has 2 nitrogen and oxygen atoms in total. The lowest BCUT2D eigenvalue weighted by Gasteiger charge is -2.09. The van der Waals surface area contributed by atoms with Crippen molar-refractivity contribution in [1.29, 1.82) is 0 Å². The summed E-state index contributed by atoms with van der Waals surface area (Å²) in [6.07, 6.45) is 4.26. The van der Waals surface area contributed by atoms with Gasteiger partial charge in [-0.1, -0.05) is 13.0 Å². The van der Waals surface area contributed by atoms with Gasteiger partial charge in [-0.05, 0) is 30.9 Å². The van der Waals surface area contributed by atoms with Crippen LogP contribution in [0.2, 0.25) is 0 Å². The molecule has 0 aromatic carbocycles. The smallest absolute Gasteiger partial charge is 0.130 e. The molecule has 1 rings (SSSR count). The highest BCUT2D eigenvalue weighted by Gasteiger charge is 2.08. The highest BCUT2D eigenvalue weighted by atomic mass is 16.1. The average molecular weight is 177 g/mol. The molecular formula is C11H15NO. The van der Waals surface area contributed by atoms with Gasteiger partial charge < -0.3 is 4.79 Å². The van der Waals surface area contributed by atoms with Gasteiger partial charge >= 0.3 is 0 Å². The Hall–Kier alpha value is -1.18. The van der Waals surface area contributed by atoms with Crippen LogP contribution in [-0.4, -0.2) is 10.8 Å². The van der Waals surface area contributed by atoms with Crippen molar-refractivity contribution in [3.63, 3.8) is 0 Å². The molecule has 0 radical (unpaired) electrons. The van der Waals surface area contributed by atoms with E-state index in [1.807, 2.05) is 19.3 Å². The van der Waals surface area contributed by atoms with Gasteiger partial charge in [0.05, 0.1) is 0 Å². The first kappa shape index (κ1) is 9.90. The molecule has 0 aliphatic heterocycles. The van der Waals surface area contributed by atoms with Crippen molar-refractivity contribution in [2.75, 3.05) is 0 Å². The molecule has 0 aliphatic carbocycles. The number of aromatic nitrogens is 1. The monoisotopic (exact) mass is 177 g/mol. The second kappa shape index (κ2) is 4.17. The molecule has 1 heterocycles. The summed E-state index contributed by atoms with van der Waals surface area (Å²) in [5.41, 5.74) is 2.29. The molecule has 0 spiro atoms. The molecule has 0 saturated carbocycles. The highest BCUT2D eigenvalue weighted by molar-refractivity contribution is 5.76. The maximum absolute atomic E-state index is 10.9. The number of hydrogen-bond acceptors (Lipinski definition) is 2. The summed E-state index contributed by atoms with van der Waals surface area (Å²) in [5, 5.41) is 0. The Balaban J connectivity index is 2.76. The van der Waals surface area contributed by atoms with Gasteiger partial charge in [-0.15, -0.1) is 0 Å². The van der Waals surface area contributed by atoms with E-state index in [4.69, 9.17) is 0 Å². The Bertz CT molecular complexity index is 307. The number of carbonyl (C=O) groups is 1. The Labute approximate surface area is 79.0 Å². The van der Waals surface area contributed by atoms with E-state index in [2.05, 4.69) is 18.0 Å². The fourth-order valence-corrected chi connectivity index (χ4v) is 1.40. The van der Waals surface area contributed by atoms with Crippen LogP contribution in [0.15, 0.2) is 18.5 Å². The summed E-state index contributed by atoms with van der Waals surface area (Å²) in [4.78, 5) is 15.0. The lowest BCUT2D eigenvalue weighted by atomic mass is 9.97. The van der Waals surface area contributed by atoms with E-state index in [1.54, 1.807) is 6.92 Å². The van der Waals surface area contributed by atoms with Crippen molar-refractivity contribution >= 4 is 5.78 Å². The third kappa shape index (κ3) is 2.98. The number of rotatable bonds is 3. The van der Waals surface area contributed by atoms with Crippen molar-refractivity contribution in [1.82, 2.24) is 4.98 Å². The summed E-state index contributed by atoms with van der Waals surface area (Å²) in [5.74, 6) is 0.513. The van der Waals surface area contributed by atoms with Crippen LogP contribution in [0.25, 0.3) is 0 Å². The van der Waals surface area contributed by atoms with Crippen LogP contribution in [0.3, 0.4) is 0 Å². The van der Waals surface area contributed by atoms with Gasteiger partial charge in [-0.2, -0.15) is 0 Å². The van der Waals surface area contributed by atoms with E-state index in [9.17, 15) is 4.79 Å². The van der Waals surface area contributed by atoms with Crippen LogP contribution >= 0.6 is 0 Å². The molecule has 0 saturated heterocycles. The fourth-order valence-electron chi connectivity index (χ4n) is 1.40. The van der Waals surface area contributed by atoms with E-state index >= 15 is 0 Å². The minimum Gasteiger partial charge on any atom is -0.300 e. The second-order valence-electron chi connectivity index (χ2n) is 3.60. The van der Waals surface area contributed by atoms with Crippen LogP contribution < -0.4 is 0 Å². The first-order valence-corrected chi connectivity index (χ1v) is 4.50. The van der Waals surface area contributed by atoms with Gasteiger partial charge in [0.15, 0.2) is 0 Å². The summed E-state index contributed by atoms with van der Waals surface area (Å²) >= 11 is 0. The predicted molar refractivity (Wildman–Crippen MR) is 52.7 cm³/mol. The quantitative estimate of drug-likeness (QED) is 0.710. The number of ketones is 1. The molecule has 1 atom stereocenters. The Morgan fingerprint density at radius 1 is 1.54 bits per heavy atom. The number of Topliss-reactive ketones (excluding diaryl/α,β-unsaturated/α-hetero) is 1. The average Bonchev–Trinajstić information content (AvgIpc) is 2.03. The van der Waals surface area contributed by atoms with Crippen molar-refractivity contribution in [3.05, 3.63) is 29.6 Å². The number of nitrogens with zero attached hydrogens (tertiary/aromatic N) is 1. The van der Waals surface area contributed by atoms with Gasteiger partial charge in [0.2, 0.25) is 0 Å². The van der Waals surface area contributed by atoms with Crippen LogP contribution in [0.1, 0.15) is 37.3 Å². The van der Waals surface area contributed by atoms with Crippen molar-refractivity contribution in [3.8, 4) is 0 Å². The largest absolute Gasteiger partial charge is 0.300 e. The maximum atomic E-state index is 10.9. The first-order valence-electron chi connectivity index (χ1n) is 4.50. The molecule has 0 aliphatic rings. The molecule has 0 amide bonds. The van der Waals surface area contributed by atoms with Gasteiger partial charge in [-0.25, -0.2) is 0 Å². The van der Waals surface area contributed by atoms with Gasteiger partial charge in [0, 0.05) is 18.8 Å². The Morgan fingerprint density at radius 2 is 2.23 bits per heavy atom. The van der Waals surface area contributed by atoms with Gasteiger partial charge in [-0.3, -0.25) is 4.98 Å². The third-order valence-corrected chi connectivity index (χ3v) is 2.06. The zero-order chi connectivity index (χ0) is 9.84. The second-order valence-corrected chi connectivity index (χ2v) is 3.60. The number of pyridine rings is 1. The normalized spacial score (nSPS) is 12.5. The SMILES string of the molecule is CC(=O)CC(C)c1cncc(C)c1. The molecule has 13 heavy (non-hydrogen) atoms. The zero-order valence-electron chi connectivity index (χ0n) is 8.37. The van der Waals surface area contributed by atoms with E-state index in [1.165, 1.54) is 0 Å². The number of carbonyl (C=O) groups excluding carboxylic acids is 1. The molecule has 2 heteroatoms. The number of hydrogen-bond donors (Lipinski definition) is 0. The molecule has 1 aromatic heterocycles. The first-order chi connectivity index (χ1) is 6.09. The highest BCUT2D eigenvalue weighted by Crippen LogP contribution is 2.18. The fraction of sp³-hybridized carbons (Fsp3) is 0.455. The summed E-state index contributed by atoms with van der Waals surface area (Å²) in [6, 6.07) is 2.08. The molecule has 0 N–H and O–H groups in total. The standard InChI is InChI=1S/C11H15NO/c1-8-4-11(7-12-6-8)9(2)5-10(3)13/h4,6-7,9H,5H2,1-3H3. The molecule has 1 unspecified atom stereocenters. The lowest BCUT2D eigenvalue weighted by molar-refractivity contribution is -0.117. The minimum atomic E-state index is 0.231. The van der Waals surface area contributed by atoms with Crippen LogP contribution in [0.4, 0.5) is 0 Å². The van der Waals surface area contributed by atoms with Crippen LogP contribution in [0.5, 0.6) is 0 Å². The van der Waals surface area contributed by atoms with Crippen LogP contribution in [0, 0.1) is 6.92 Å². The summed E-state index contributed by atoms with van der Waals surface area (Å²) < 4.78 is 0. The molecule has 70 valence electrons. The lowest BCUT2D eigenvalue weighted by Crippen LogP contribution is -2.00. The van der Waals surface area contributed by atoms with Crippen molar-refractivity contribution in [2.24, 2.45) is 0 Å².